The zero-order chi connectivity index (χ0) is 20.4. The number of nitrogens with one attached hydrogen (secondary N) is 1. The lowest BCUT2D eigenvalue weighted by atomic mass is 9.95. The average Bonchev–Trinajstić information content (AvgIpc) is 3.18. The van der Waals surface area contributed by atoms with Crippen molar-refractivity contribution in [3.8, 4) is 0 Å². The summed E-state index contributed by atoms with van der Waals surface area (Å²) in [6.07, 6.45) is 0.770. The van der Waals surface area contributed by atoms with Crippen molar-refractivity contribution >= 4 is 38.6 Å². The summed E-state index contributed by atoms with van der Waals surface area (Å²) < 4.78 is 0.985. The van der Waals surface area contributed by atoms with Gasteiger partial charge in [-0.1, -0.05) is 53.2 Å². The molecule has 0 aliphatic carbocycles. The Morgan fingerprint density at radius 2 is 1.69 bits per heavy atom. The molecular weight excluding hydrogens is 430 g/mol. The van der Waals surface area contributed by atoms with Crippen LogP contribution in [0.3, 0.4) is 0 Å². The Morgan fingerprint density at radius 3 is 2.38 bits per heavy atom. The Kier molecular flexibility index (Phi) is 5.72. The van der Waals surface area contributed by atoms with Crippen molar-refractivity contribution in [3.63, 3.8) is 0 Å². The normalized spacial score (nSPS) is 15.5. The summed E-state index contributed by atoms with van der Waals surface area (Å²) in [6.45, 7) is 4.28. The van der Waals surface area contributed by atoms with Gasteiger partial charge in [0.05, 0.1) is 5.92 Å². The number of carbonyl (C=O) groups is 2. The van der Waals surface area contributed by atoms with E-state index in [0.717, 1.165) is 27.4 Å². The highest BCUT2D eigenvalue weighted by atomic mass is 79.9. The molecule has 0 spiro atoms. The number of halogens is 1. The van der Waals surface area contributed by atoms with Gasteiger partial charge < -0.3 is 14.8 Å². The van der Waals surface area contributed by atoms with E-state index in [0.29, 0.717) is 31.9 Å². The van der Waals surface area contributed by atoms with Crippen LogP contribution in [0, 0.1) is 0 Å². The number of fused-ring (bicyclic) bond motifs is 1. The van der Waals surface area contributed by atoms with Gasteiger partial charge in [-0.3, -0.25) is 9.59 Å². The maximum Gasteiger partial charge on any atom is 0.270 e. The van der Waals surface area contributed by atoms with E-state index in [9.17, 15) is 9.59 Å². The standard InChI is InChI=1S/C23H24BrN3O2/c1-2-19(16-6-4-3-5-7-16)22(28)26-10-12-27(13-11-26)23(29)21-15-17-14-18(24)8-9-20(17)25-21/h3-9,14-15,19,25H,2,10-13H2,1H3/t19-/m0/s1. The molecule has 29 heavy (non-hydrogen) atoms. The van der Waals surface area contributed by atoms with Crippen LogP contribution in [0.15, 0.2) is 59.1 Å². The van der Waals surface area contributed by atoms with E-state index >= 15 is 0 Å². The second-order valence-electron chi connectivity index (χ2n) is 7.40. The zero-order valence-corrected chi connectivity index (χ0v) is 18.0. The highest BCUT2D eigenvalue weighted by Crippen LogP contribution is 2.24. The van der Waals surface area contributed by atoms with Crippen LogP contribution in [0.1, 0.15) is 35.3 Å². The molecule has 2 amide bonds. The number of rotatable bonds is 4. The van der Waals surface area contributed by atoms with E-state index in [1.165, 1.54) is 0 Å². The van der Waals surface area contributed by atoms with Crippen molar-refractivity contribution in [1.29, 1.82) is 0 Å². The molecule has 6 heteroatoms. The van der Waals surface area contributed by atoms with E-state index in [1.807, 2.05) is 71.3 Å². The Morgan fingerprint density at radius 1 is 1.00 bits per heavy atom. The third-order valence-corrected chi connectivity index (χ3v) is 6.09. The van der Waals surface area contributed by atoms with Crippen molar-refractivity contribution in [2.45, 2.75) is 19.3 Å². The fraction of sp³-hybridized carbons (Fsp3) is 0.304. The summed E-state index contributed by atoms with van der Waals surface area (Å²) in [6, 6.07) is 17.7. The van der Waals surface area contributed by atoms with Crippen LogP contribution in [0.2, 0.25) is 0 Å². The minimum atomic E-state index is -0.120. The molecular formula is C23H24BrN3O2. The molecule has 1 aliphatic rings. The number of hydrogen-bond acceptors (Lipinski definition) is 2. The fourth-order valence-corrected chi connectivity index (χ4v) is 4.36. The Balaban J connectivity index is 1.41. The maximum atomic E-state index is 13.0. The third-order valence-electron chi connectivity index (χ3n) is 5.60. The second-order valence-corrected chi connectivity index (χ2v) is 8.32. The summed E-state index contributed by atoms with van der Waals surface area (Å²) in [4.78, 5) is 32.9. The molecule has 150 valence electrons. The summed E-state index contributed by atoms with van der Waals surface area (Å²) >= 11 is 3.46. The Bertz CT molecular complexity index is 1020. The van der Waals surface area contributed by atoms with E-state index in [1.54, 1.807) is 0 Å². The molecule has 1 aliphatic heterocycles. The van der Waals surface area contributed by atoms with Crippen molar-refractivity contribution in [1.82, 2.24) is 14.8 Å². The van der Waals surface area contributed by atoms with Gasteiger partial charge in [0.25, 0.3) is 5.91 Å². The topological polar surface area (TPSA) is 56.4 Å². The molecule has 1 saturated heterocycles. The number of nitrogens with zero attached hydrogens (tertiary/aromatic N) is 2. The minimum Gasteiger partial charge on any atom is -0.351 e. The van der Waals surface area contributed by atoms with E-state index in [4.69, 9.17) is 0 Å². The van der Waals surface area contributed by atoms with Crippen LogP contribution in [0.4, 0.5) is 0 Å². The number of aromatic nitrogens is 1. The summed E-state index contributed by atoms with van der Waals surface area (Å²) in [5.74, 6) is 0.0198. The first-order valence-electron chi connectivity index (χ1n) is 9.98. The predicted molar refractivity (Wildman–Crippen MR) is 118 cm³/mol. The molecule has 1 atom stereocenters. The lowest BCUT2D eigenvalue weighted by Gasteiger charge is -2.36. The number of carbonyl (C=O) groups excluding carboxylic acids is 2. The van der Waals surface area contributed by atoms with Gasteiger partial charge in [0.1, 0.15) is 5.69 Å². The largest absolute Gasteiger partial charge is 0.351 e. The average molecular weight is 454 g/mol. The minimum absolute atomic E-state index is 0.0143. The molecule has 0 unspecified atom stereocenters. The van der Waals surface area contributed by atoms with Crippen LogP contribution in [-0.2, 0) is 4.79 Å². The van der Waals surface area contributed by atoms with Gasteiger partial charge in [0, 0.05) is 41.6 Å². The molecule has 2 heterocycles. The molecule has 0 bridgehead atoms. The van der Waals surface area contributed by atoms with Crippen LogP contribution in [0.25, 0.3) is 10.9 Å². The number of hydrogen-bond donors (Lipinski definition) is 1. The molecule has 3 aromatic rings. The molecule has 4 rings (SSSR count). The summed E-state index contributed by atoms with van der Waals surface area (Å²) in [5.41, 5.74) is 2.59. The molecule has 0 saturated carbocycles. The quantitative estimate of drug-likeness (QED) is 0.635. The lowest BCUT2D eigenvalue weighted by molar-refractivity contribution is -0.134. The van der Waals surface area contributed by atoms with Gasteiger partial charge in [-0.25, -0.2) is 0 Å². The van der Waals surface area contributed by atoms with E-state index < -0.39 is 0 Å². The maximum absolute atomic E-state index is 13.0. The van der Waals surface area contributed by atoms with Crippen molar-refractivity contribution < 1.29 is 9.59 Å². The first kappa shape index (κ1) is 19.7. The number of benzene rings is 2. The van der Waals surface area contributed by atoms with Gasteiger partial charge >= 0.3 is 0 Å². The van der Waals surface area contributed by atoms with Crippen LogP contribution < -0.4 is 0 Å². The van der Waals surface area contributed by atoms with Gasteiger partial charge in [0.2, 0.25) is 5.91 Å². The second kappa shape index (κ2) is 8.41. The molecule has 5 nitrogen and oxygen atoms in total. The van der Waals surface area contributed by atoms with Gasteiger partial charge in [-0.15, -0.1) is 0 Å². The Hall–Kier alpha value is -2.60. The van der Waals surface area contributed by atoms with Crippen LogP contribution >= 0.6 is 15.9 Å². The molecule has 2 aromatic carbocycles. The van der Waals surface area contributed by atoms with E-state index in [2.05, 4.69) is 20.9 Å². The number of aromatic amines is 1. The molecule has 1 N–H and O–H groups in total. The molecule has 1 fully saturated rings. The summed E-state index contributed by atoms with van der Waals surface area (Å²) in [7, 11) is 0. The van der Waals surface area contributed by atoms with Gasteiger partial charge in [-0.2, -0.15) is 0 Å². The fourth-order valence-electron chi connectivity index (χ4n) is 3.98. The number of H-pyrrole nitrogens is 1. The highest BCUT2D eigenvalue weighted by molar-refractivity contribution is 9.10. The van der Waals surface area contributed by atoms with Crippen LogP contribution in [0.5, 0.6) is 0 Å². The first-order chi connectivity index (χ1) is 14.1. The zero-order valence-electron chi connectivity index (χ0n) is 16.4. The summed E-state index contributed by atoms with van der Waals surface area (Å²) in [5, 5.41) is 1.00. The van der Waals surface area contributed by atoms with Gasteiger partial charge in [0.15, 0.2) is 0 Å². The first-order valence-corrected chi connectivity index (χ1v) is 10.8. The molecule has 1 aromatic heterocycles. The van der Waals surface area contributed by atoms with Crippen molar-refractivity contribution in [2.75, 3.05) is 26.2 Å². The number of amides is 2. The third kappa shape index (κ3) is 4.08. The predicted octanol–water partition coefficient (Wildman–Crippen LogP) is 4.41. The van der Waals surface area contributed by atoms with Crippen molar-refractivity contribution in [3.05, 3.63) is 70.3 Å². The SMILES string of the molecule is CC[C@H](C(=O)N1CCN(C(=O)c2cc3cc(Br)ccc3[nH]2)CC1)c1ccccc1. The number of piperazine rings is 1. The lowest BCUT2D eigenvalue weighted by Crippen LogP contribution is -2.51. The Labute approximate surface area is 178 Å². The smallest absolute Gasteiger partial charge is 0.270 e. The monoisotopic (exact) mass is 453 g/mol. The van der Waals surface area contributed by atoms with Gasteiger partial charge in [-0.05, 0) is 36.2 Å². The van der Waals surface area contributed by atoms with Crippen molar-refractivity contribution in [2.24, 2.45) is 0 Å². The molecule has 0 radical (unpaired) electrons. The highest BCUT2D eigenvalue weighted by Gasteiger charge is 2.29. The van der Waals surface area contributed by atoms with E-state index in [-0.39, 0.29) is 17.7 Å². The van der Waals surface area contributed by atoms with Crippen LogP contribution in [-0.4, -0.2) is 52.8 Å².